The van der Waals surface area contributed by atoms with Gasteiger partial charge >= 0.3 is 0 Å². The average Bonchev–Trinajstić information content (AvgIpc) is 3.76. The summed E-state index contributed by atoms with van der Waals surface area (Å²) in [7, 11) is 0. The quantitative estimate of drug-likeness (QED) is 0.428. The highest BCUT2D eigenvalue weighted by Gasteiger charge is 2.46. The van der Waals surface area contributed by atoms with E-state index in [9.17, 15) is 9.59 Å². The summed E-state index contributed by atoms with van der Waals surface area (Å²) in [6.07, 6.45) is 10.6. The van der Waals surface area contributed by atoms with E-state index in [1.807, 2.05) is 38.1 Å². The number of aromatic nitrogens is 6. The maximum absolute atomic E-state index is 13.1. The van der Waals surface area contributed by atoms with Gasteiger partial charge in [-0.2, -0.15) is 5.10 Å². The van der Waals surface area contributed by atoms with Gasteiger partial charge in [0, 0.05) is 25.0 Å². The van der Waals surface area contributed by atoms with Crippen LogP contribution in [0.25, 0.3) is 22.2 Å². The zero-order valence-corrected chi connectivity index (χ0v) is 20.7. The largest absolute Gasteiger partial charge is 0.340 e. The number of benzene rings is 1. The molecule has 2 saturated carbocycles. The van der Waals surface area contributed by atoms with Gasteiger partial charge in [0.1, 0.15) is 0 Å². The Morgan fingerprint density at radius 2 is 1.83 bits per heavy atom. The van der Waals surface area contributed by atoms with Gasteiger partial charge < -0.3 is 5.32 Å². The van der Waals surface area contributed by atoms with Crippen molar-refractivity contribution < 1.29 is 4.79 Å². The molecular weight excluding hydrogens is 454 g/mol. The smallest absolute Gasteiger partial charge is 0.289 e. The summed E-state index contributed by atoms with van der Waals surface area (Å²) >= 11 is 0. The molecule has 6 rings (SSSR count). The molecule has 1 N–H and O–H groups in total. The van der Waals surface area contributed by atoms with Crippen LogP contribution < -0.4 is 10.9 Å². The van der Waals surface area contributed by atoms with E-state index in [-0.39, 0.29) is 28.7 Å². The predicted molar refractivity (Wildman–Crippen MR) is 135 cm³/mol. The molecule has 0 unspecified atom stereocenters. The van der Waals surface area contributed by atoms with E-state index in [0.29, 0.717) is 17.8 Å². The van der Waals surface area contributed by atoms with Crippen molar-refractivity contribution in [3.05, 3.63) is 70.9 Å². The Hall–Kier alpha value is -3.88. The number of hydrogen-bond donors (Lipinski definition) is 1. The lowest BCUT2D eigenvalue weighted by Crippen LogP contribution is -2.36. The van der Waals surface area contributed by atoms with E-state index in [1.54, 1.807) is 34.2 Å². The molecule has 0 spiro atoms. The Morgan fingerprint density at radius 3 is 2.50 bits per heavy atom. The zero-order chi connectivity index (χ0) is 25.1. The number of carbonyl (C=O) groups excluding carboxylic acids is 1. The first kappa shape index (κ1) is 22.6. The van der Waals surface area contributed by atoms with E-state index in [0.717, 1.165) is 42.2 Å². The molecule has 184 valence electrons. The van der Waals surface area contributed by atoms with Gasteiger partial charge in [-0.3, -0.25) is 14.2 Å². The van der Waals surface area contributed by atoms with Crippen molar-refractivity contribution >= 4 is 16.9 Å². The number of nitrogens with zero attached hydrogens (tertiary/aromatic N) is 6. The molecular formula is C27H29N7O2. The first-order chi connectivity index (χ1) is 17.3. The third kappa shape index (κ3) is 3.98. The molecule has 0 bridgehead atoms. The van der Waals surface area contributed by atoms with Crippen molar-refractivity contribution in [1.82, 2.24) is 34.6 Å². The summed E-state index contributed by atoms with van der Waals surface area (Å²) < 4.78 is 3.51. The maximum Gasteiger partial charge on any atom is 0.289 e. The molecule has 1 aromatic carbocycles. The number of carbonyl (C=O) groups is 1. The molecule has 4 aromatic rings. The van der Waals surface area contributed by atoms with Gasteiger partial charge in [0.05, 0.1) is 29.0 Å². The van der Waals surface area contributed by atoms with Gasteiger partial charge in [-0.25, -0.2) is 19.6 Å². The molecule has 9 heteroatoms. The second-order valence-corrected chi connectivity index (χ2v) is 10.8. The monoisotopic (exact) mass is 483 g/mol. The molecule has 2 aliphatic rings. The summed E-state index contributed by atoms with van der Waals surface area (Å²) in [4.78, 5) is 39.2. The molecule has 0 atom stereocenters. The molecule has 1 amide bonds. The minimum atomic E-state index is -0.443. The molecule has 3 aromatic heterocycles. The predicted octanol–water partition coefficient (Wildman–Crippen LogP) is 3.85. The van der Waals surface area contributed by atoms with E-state index in [2.05, 4.69) is 32.3 Å². The maximum atomic E-state index is 13.1. The van der Waals surface area contributed by atoms with Gasteiger partial charge in [0.2, 0.25) is 5.82 Å². The van der Waals surface area contributed by atoms with E-state index >= 15 is 0 Å². The molecule has 0 saturated heterocycles. The van der Waals surface area contributed by atoms with E-state index < -0.39 is 5.54 Å². The Morgan fingerprint density at radius 1 is 1.08 bits per heavy atom. The van der Waals surface area contributed by atoms with Crippen LogP contribution in [0.15, 0.2) is 54.0 Å². The van der Waals surface area contributed by atoms with Gasteiger partial charge in [-0.1, -0.05) is 31.2 Å². The molecule has 0 radical (unpaired) electrons. The van der Waals surface area contributed by atoms with Gasteiger partial charge in [-0.05, 0) is 56.1 Å². The van der Waals surface area contributed by atoms with Crippen LogP contribution in [-0.4, -0.2) is 35.2 Å². The van der Waals surface area contributed by atoms with Gasteiger partial charge in [0.25, 0.3) is 11.5 Å². The zero-order valence-electron chi connectivity index (χ0n) is 20.7. The summed E-state index contributed by atoms with van der Waals surface area (Å²) in [6, 6.07) is 7.97. The van der Waals surface area contributed by atoms with E-state index in [4.69, 9.17) is 0 Å². The Bertz CT molecular complexity index is 1530. The third-order valence-corrected chi connectivity index (χ3v) is 7.43. The Balaban J connectivity index is 1.22. The number of rotatable bonds is 7. The van der Waals surface area contributed by atoms with Gasteiger partial charge in [-0.15, -0.1) is 0 Å². The number of nitrogens with one attached hydrogen (secondary N) is 1. The molecule has 2 aliphatic carbocycles. The number of fused-ring (bicyclic) bond motifs is 1. The second kappa shape index (κ2) is 8.08. The molecule has 36 heavy (non-hydrogen) atoms. The summed E-state index contributed by atoms with van der Waals surface area (Å²) in [5.41, 5.74) is 2.82. The van der Waals surface area contributed by atoms with Crippen molar-refractivity contribution in [3.8, 4) is 11.1 Å². The van der Waals surface area contributed by atoms with Gasteiger partial charge in [0.15, 0.2) is 5.65 Å². The lowest BCUT2D eigenvalue weighted by atomic mass is 10.0. The van der Waals surface area contributed by atoms with Crippen molar-refractivity contribution in [2.45, 2.75) is 64.6 Å². The van der Waals surface area contributed by atoms with Crippen LogP contribution in [-0.2, 0) is 12.1 Å². The number of amides is 1. The summed E-state index contributed by atoms with van der Waals surface area (Å²) in [5.74, 6) is -0.174. The lowest BCUT2D eigenvalue weighted by Gasteiger charge is -2.18. The van der Waals surface area contributed by atoms with Crippen LogP contribution in [0.2, 0.25) is 0 Å². The molecule has 3 heterocycles. The second-order valence-electron chi connectivity index (χ2n) is 10.8. The molecule has 2 fully saturated rings. The van der Waals surface area contributed by atoms with Crippen molar-refractivity contribution in [1.29, 1.82) is 0 Å². The first-order valence-corrected chi connectivity index (χ1v) is 12.5. The standard InChI is InChI=1S/C27H29N7O2/c1-17(2)34-23-19(13-30-34)12-29-22(31-23)24(35)32-27(10-11-27)20-6-4-18(5-7-20)21-14-28-16-33(25(21)36)15-26(3)8-9-26/h4-7,12-14,16-17H,8-11,15H2,1-3H3,(H,32,35). The summed E-state index contributed by atoms with van der Waals surface area (Å²) in [6.45, 7) is 6.94. The minimum absolute atomic E-state index is 0.0199. The fourth-order valence-electron chi connectivity index (χ4n) is 4.72. The van der Waals surface area contributed by atoms with Crippen molar-refractivity contribution in [3.63, 3.8) is 0 Å². The van der Waals surface area contributed by atoms with Crippen LogP contribution in [0.4, 0.5) is 0 Å². The average molecular weight is 484 g/mol. The lowest BCUT2D eigenvalue weighted by molar-refractivity contribution is 0.0920. The van der Waals surface area contributed by atoms with Crippen LogP contribution in [0.3, 0.4) is 0 Å². The number of hydrogen-bond acceptors (Lipinski definition) is 6. The molecule has 9 nitrogen and oxygen atoms in total. The van der Waals surface area contributed by atoms with Crippen LogP contribution in [0, 0.1) is 5.41 Å². The fourth-order valence-corrected chi connectivity index (χ4v) is 4.72. The van der Waals surface area contributed by atoms with Crippen LogP contribution in [0.5, 0.6) is 0 Å². The Labute approximate surface area is 208 Å². The normalized spacial score (nSPS) is 17.3. The van der Waals surface area contributed by atoms with Crippen molar-refractivity contribution in [2.24, 2.45) is 5.41 Å². The van der Waals surface area contributed by atoms with Crippen LogP contribution in [0.1, 0.15) is 68.7 Å². The van der Waals surface area contributed by atoms with Crippen LogP contribution >= 0.6 is 0 Å². The highest BCUT2D eigenvalue weighted by molar-refractivity contribution is 5.93. The Kier molecular flexibility index (Phi) is 5.07. The highest BCUT2D eigenvalue weighted by atomic mass is 16.2. The summed E-state index contributed by atoms with van der Waals surface area (Å²) in [5, 5.41) is 8.30. The highest BCUT2D eigenvalue weighted by Crippen LogP contribution is 2.47. The third-order valence-electron chi connectivity index (χ3n) is 7.43. The molecule has 0 aliphatic heterocycles. The minimum Gasteiger partial charge on any atom is -0.340 e. The SMILES string of the molecule is CC(C)n1ncc2cnc(C(=O)NC3(c4ccc(-c5cncn(CC6(C)CC6)c5=O)cc4)CC3)nc21. The van der Waals surface area contributed by atoms with E-state index in [1.165, 1.54) is 0 Å². The fraction of sp³-hybridized carbons (Fsp3) is 0.407. The van der Waals surface area contributed by atoms with Crippen molar-refractivity contribution in [2.75, 3.05) is 0 Å². The first-order valence-electron chi connectivity index (χ1n) is 12.5. The topological polar surface area (TPSA) is 108 Å².